The number of anilines is 6. The third-order valence-corrected chi connectivity index (χ3v) is 11.4. The van der Waals surface area contributed by atoms with E-state index in [4.69, 9.17) is 31.9 Å². The van der Waals surface area contributed by atoms with Crippen LogP contribution in [0.2, 0.25) is 0 Å². The first-order chi connectivity index (χ1) is 32.3. The fraction of sp³-hybridized carbons (Fsp3) is 0.447. The van der Waals surface area contributed by atoms with Crippen molar-refractivity contribution in [3.8, 4) is 0 Å². The van der Waals surface area contributed by atoms with Crippen molar-refractivity contribution in [2.24, 2.45) is 11.5 Å². The Morgan fingerprint density at radius 3 is 1.24 bits per heavy atom. The summed E-state index contributed by atoms with van der Waals surface area (Å²) in [6.45, 7) is 12.3. The topological polar surface area (TPSA) is 327 Å². The normalized spacial score (nSPS) is 16.8. The summed E-state index contributed by atoms with van der Waals surface area (Å²) in [6, 6.07) is 16.0. The molecule has 2 radical (unpaired) electrons. The molecule has 4 aliphatic rings. The number of carbonyl (C=O) groups excluding carboxylic acids is 5. The molecule has 0 unspecified atom stereocenters. The van der Waals surface area contributed by atoms with Gasteiger partial charge in [-0.15, -0.1) is 0 Å². The van der Waals surface area contributed by atoms with E-state index in [-0.39, 0.29) is 115 Å². The molecule has 7 amide bonds. The number of benzene rings is 2. The van der Waals surface area contributed by atoms with Gasteiger partial charge in [-0.1, -0.05) is 42.8 Å². The number of primary amides is 2. The van der Waals surface area contributed by atoms with Crippen molar-refractivity contribution in [3.05, 3.63) is 95.3 Å². The van der Waals surface area contributed by atoms with Gasteiger partial charge in [0.15, 0.2) is 23.0 Å². The van der Waals surface area contributed by atoms with Crippen LogP contribution in [-0.4, -0.2) is 159 Å². The van der Waals surface area contributed by atoms with Crippen LogP contribution >= 0.6 is 0 Å². The van der Waals surface area contributed by atoms with Gasteiger partial charge >= 0.3 is 12.1 Å². The number of aromatic nitrogens is 4. The Balaban J connectivity index is 0.000000597. The molecule has 4 aromatic rings. The molecule has 4 aliphatic heterocycles. The van der Waals surface area contributed by atoms with Crippen LogP contribution in [0.1, 0.15) is 79.1 Å². The predicted octanol–water partition coefficient (Wildman–Crippen LogP) is 5.95. The maximum atomic E-state index is 12.4. The number of likely N-dealkylation sites (N-methyl/N-ethyl adjacent to an activating group) is 2. The van der Waals surface area contributed by atoms with Crippen LogP contribution in [0.4, 0.5) is 44.2 Å². The van der Waals surface area contributed by atoms with Gasteiger partial charge in [-0.3, -0.25) is 14.4 Å². The Morgan fingerprint density at radius 2 is 0.958 bits per heavy atom. The van der Waals surface area contributed by atoms with Crippen LogP contribution in [0.25, 0.3) is 11.9 Å². The van der Waals surface area contributed by atoms with Crippen LogP contribution in [-0.2, 0) is 75.0 Å². The number of hydrogen-bond donors (Lipinski definition) is 5. The number of hydrogen-bond acceptors (Lipinski definition) is 14. The van der Waals surface area contributed by atoms with E-state index < -0.39 is 23.7 Å². The number of nitrogens with two attached hydrogens (primary N) is 3. The summed E-state index contributed by atoms with van der Waals surface area (Å²) in [5, 5.41) is 13.8. The molecule has 8 rings (SSSR count). The fourth-order valence-corrected chi connectivity index (χ4v) is 8.00. The van der Waals surface area contributed by atoms with Gasteiger partial charge in [-0.05, 0) is 70.7 Å². The second kappa shape index (κ2) is 30.4. The monoisotopic (exact) mass is 1150 g/mol. The van der Waals surface area contributed by atoms with E-state index in [1.807, 2.05) is 86.3 Å². The number of aryl methyl sites for hydroxylation is 2. The van der Waals surface area contributed by atoms with Gasteiger partial charge in [0.2, 0.25) is 0 Å². The van der Waals surface area contributed by atoms with E-state index in [0.717, 1.165) is 94.4 Å². The molecule has 10 N–H and O–H groups in total. The van der Waals surface area contributed by atoms with Crippen molar-refractivity contribution < 1.29 is 99.3 Å². The third kappa shape index (κ3) is 18.5. The number of carboxylic acid groups (broad SMARTS) is 1. The largest absolute Gasteiger partial charge is 0.693 e. The van der Waals surface area contributed by atoms with E-state index in [9.17, 15) is 19.2 Å². The Hall–Kier alpha value is -5.61. The van der Waals surface area contributed by atoms with Crippen LogP contribution in [0.15, 0.2) is 60.9 Å². The van der Waals surface area contributed by atoms with Crippen molar-refractivity contribution in [2.75, 3.05) is 86.9 Å². The van der Waals surface area contributed by atoms with Crippen molar-refractivity contribution in [2.45, 2.75) is 72.9 Å². The number of amides is 7. The van der Waals surface area contributed by atoms with E-state index in [1.165, 1.54) is 6.92 Å². The zero-order valence-electron chi connectivity index (χ0n) is 41.2. The molecule has 0 bridgehead atoms. The molecular formula is C47H68N16O7Y2-2. The molecule has 2 atom stereocenters. The molecule has 4 saturated heterocycles. The molecule has 386 valence electrons. The number of nitrogens with one attached hydrogen (secondary N) is 3. The van der Waals surface area contributed by atoms with Crippen LogP contribution in [0.3, 0.4) is 0 Å². The van der Waals surface area contributed by atoms with Gasteiger partial charge in [0.05, 0.1) is 24.5 Å². The van der Waals surface area contributed by atoms with Crippen LogP contribution < -0.4 is 31.9 Å². The number of carbonyl (C=O) groups is 6. The van der Waals surface area contributed by atoms with E-state index >= 15 is 0 Å². The second-order valence-corrected chi connectivity index (χ2v) is 16.9. The van der Waals surface area contributed by atoms with Gasteiger partial charge in [0, 0.05) is 156 Å². The molecule has 6 heterocycles. The van der Waals surface area contributed by atoms with Crippen molar-refractivity contribution >= 4 is 70.4 Å². The molecule has 2 aromatic heterocycles. The second-order valence-electron chi connectivity index (χ2n) is 16.9. The van der Waals surface area contributed by atoms with Crippen LogP contribution in [0.5, 0.6) is 0 Å². The summed E-state index contributed by atoms with van der Waals surface area (Å²) >= 11 is 0. The number of nitrogens with zero attached hydrogens (tertiary/aromatic N) is 10. The van der Waals surface area contributed by atoms with Crippen molar-refractivity contribution in [1.29, 1.82) is 0 Å². The summed E-state index contributed by atoms with van der Waals surface area (Å²) in [4.78, 5) is 96.2. The summed E-state index contributed by atoms with van der Waals surface area (Å²) in [6.07, 6.45) is 7.02. The van der Waals surface area contributed by atoms with Crippen molar-refractivity contribution in [3.63, 3.8) is 0 Å². The Labute approximate surface area is 472 Å². The number of piperidine rings is 2. The number of rotatable bonds is 10. The van der Waals surface area contributed by atoms with Gasteiger partial charge in [0.25, 0.3) is 17.8 Å². The first-order valence-electron chi connectivity index (χ1n) is 22.3. The first kappa shape index (κ1) is 64.4. The third-order valence-electron chi connectivity index (χ3n) is 11.4. The molecule has 0 spiro atoms. The summed E-state index contributed by atoms with van der Waals surface area (Å²) in [7, 11) is 3.67. The Kier molecular flexibility index (Phi) is 27.2. The minimum Gasteiger partial charge on any atom is -0.693 e. The van der Waals surface area contributed by atoms with Crippen LogP contribution in [0, 0.1) is 13.8 Å². The minimum absolute atomic E-state index is 0. The van der Waals surface area contributed by atoms with Crippen molar-refractivity contribution in [1.82, 2.24) is 39.5 Å². The quantitative estimate of drug-likeness (QED) is 0.122. The Morgan fingerprint density at radius 1 is 0.639 bits per heavy atom. The average Bonchev–Trinajstić information content (AvgIpc) is 3.82. The summed E-state index contributed by atoms with van der Waals surface area (Å²) < 4.78 is 0. The van der Waals surface area contributed by atoms with E-state index in [1.54, 1.807) is 22.2 Å². The molecule has 0 aliphatic carbocycles. The van der Waals surface area contributed by atoms with E-state index in [0.29, 0.717) is 36.4 Å². The fourth-order valence-electron chi connectivity index (χ4n) is 8.00. The Bertz CT molecular complexity index is 2260. The van der Waals surface area contributed by atoms with Gasteiger partial charge < -0.3 is 73.3 Å². The summed E-state index contributed by atoms with van der Waals surface area (Å²) in [5.41, 5.74) is 21.0. The number of aliphatic carboxylic acids is 1. The van der Waals surface area contributed by atoms with Gasteiger partial charge in [0.1, 0.15) is 11.6 Å². The first-order valence-corrected chi connectivity index (χ1v) is 22.3. The van der Waals surface area contributed by atoms with Gasteiger partial charge in [-0.2, -0.15) is 0 Å². The van der Waals surface area contributed by atoms with Gasteiger partial charge in [-0.25, -0.2) is 29.5 Å². The molecule has 4 fully saturated rings. The maximum Gasteiger partial charge on any atom is 0.320 e. The molecule has 0 saturated carbocycles. The predicted molar refractivity (Wildman–Crippen MR) is 270 cm³/mol. The average molecular weight is 1150 g/mol. The zero-order valence-corrected chi connectivity index (χ0v) is 46.8. The smallest absolute Gasteiger partial charge is 0.320 e. The van der Waals surface area contributed by atoms with E-state index in [2.05, 4.69) is 40.4 Å². The SMILES string of the molecule is C.CC(=O)O.CC([NH-])=O.Cc1ccc(Nc2nc(N3CCC[C@@H](N4CCN(C)C4=O)C3)cnc2C(N)=O)cc1.Cc1ccc(Nc2nc(N3CCC[C@@H](N4CCN(C)C4=O)C3)cnc2C(N)=O)cc1.[NH2-].[Y].[Y]. The standard InChI is InChI=1S/2C21H27N7O2.C2H5NO.C2H4O2.CH4.H2N.2Y/c2*1-14-5-7-15(8-6-14)24-20-18(19(22)29)23-12-17(25-20)27-9-3-4-16(13-27)28-11-10-26(2)21(28)30;2*1-2(3)4;;;;/h2*5-8,12,16H,3-4,9-11,13H2,1-2H3,(H2,22,29)(H,24,25);1H3,(H2,3,4);1H3,(H,3,4);1H4;1H2;;/q;;;;;-1;;/p-1/t2*16-;;;;;;/m11....../s1. The molecule has 23 nitrogen and oxygen atoms in total. The molecule has 72 heavy (non-hydrogen) atoms. The minimum atomic E-state index is -0.833. The maximum absolute atomic E-state index is 12.4. The molecular weight excluding hydrogens is 1080 g/mol. The number of carboxylic acids is 1. The molecule has 25 heteroatoms. The molecule has 2 aromatic carbocycles. The number of urea groups is 2. The zero-order chi connectivity index (χ0) is 49.7. The summed E-state index contributed by atoms with van der Waals surface area (Å²) in [5.74, 6) is -0.679.